The summed E-state index contributed by atoms with van der Waals surface area (Å²) in [5.74, 6) is 1.20. The molecule has 1 atom stereocenters. The van der Waals surface area contributed by atoms with Crippen LogP contribution in [0.25, 0.3) is 0 Å². The zero-order chi connectivity index (χ0) is 6.53. The van der Waals surface area contributed by atoms with Gasteiger partial charge in [-0.1, -0.05) is 0 Å². The molecule has 9 heavy (non-hydrogen) atoms. The van der Waals surface area contributed by atoms with Crippen LogP contribution in [0.4, 0.5) is 0 Å². The van der Waals surface area contributed by atoms with Crippen LogP contribution in [0.3, 0.4) is 0 Å². The zero-order valence-corrected chi connectivity index (χ0v) is 6.28. The van der Waals surface area contributed by atoms with Gasteiger partial charge in [-0.05, 0) is 6.42 Å². The molecule has 0 saturated carbocycles. The second-order valence-corrected chi connectivity index (χ2v) is 3.62. The molecule has 1 unspecified atom stereocenters. The van der Waals surface area contributed by atoms with Crippen molar-refractivity contribution in [1.82, 2.24) is 5.32 Å². The predicted molar refractivity (Wildman–Crippen MR) is 40.8 cm³/mol. The highest BCUT2D eigenvalue weighted by molar-refractivity contribution is 8.00. The number of aliphatic hydroxyl groups excluding tert-OH is 1. The molecule has 2 N–H and O–H groups in total. The summed E-state index contributed by atoms with van der Waals surface area (Å²) in [4.78, 5) is 0. The summed E-state index contributed by atoms with van der Waals surface area (Å²) in [7, 11) is 0. The van der Waals surface area contributed by atoms with Crippen LogP contribution in [-0.4, -0.2) is 35.8 Å². The molecular weight excluding hydrogens is 134 g/mol. The van der Waals surface area contributed by atoms with Crippen LogP contribution in [-0.2, 0) is 0 Å². The summed E-state index contributed by atoms with van der Waals surface area (Å²) in [6, 6.07) is 0. The molecule has 1 fully saturated rings. The molecule has 0 bridgehead atoms. The van der Waals surface area contributed by atoms with Crippen LogP contribution in [0.1, 0.15) is 6.42 Å². The van der Waals surface area contributed by atoms with E-state index < -0.39 is 0 Å². The van der Waals surface area contributed by atoms with E-state index in [2.05, 4.69) is 5.32 Å². The topological polar surface area (TPSA) is 32.3 Å². The van der Waals surface area contributed by atoms with Gasteiger partial charge in [-0.3, -0.25) is 0 Å². The smallest absolute Gasteiger partial charge is 0.0442 e. The van der Waals surface area contributed by atoms with Gasteiger partial charge < -0.3 is 10.4 Å². The molecule has 0 aliphatic carbocycles. The number of nitrogens with one attached hydrogen (secondary N) is 1. The molecule has 1 aliphatic rings. The number of aliphatic hydroxyl groups is 1. The molecule has 1 saturated heterocycles. The van der Waals surface area contributed by atoms with Gasteiger partial charge in [-0.25, -0.2) is 0 Å². The van der Waals surface area contributed by atoms with Crippen molar-refractivity contribution < 1.29 is 5.11 Å². The van der Waals surface area contributed by atoms with Crippen molar-refractivity contribution >= 4 is 11.8 Å². The van der Waals surface area contributed by atoms with Crippen molar-refractivity contribution in [3.63, 3.8) is 0 Å². The highest BCUT2D eigenvalue weighted by atomic mass is 32.2. The van der Waals surface area contributed by atoms with Crippen molar-refractivity contribution in [2.45, 2.75) is 11.7 Å². The van der Waals surface area contributed by atoms with Crippen molar-refractivity contribution in [2.24, 2.45) is 0 Å². The Morgan fingerprint density at radius 2 is 2.56 bits per heavy atom. The van der Waals surface area contributed by atoms with E-state index in [0.717, 1.165) is 19.5 Å². The number of hydrogen-bond acceptors (Lipinski definition) is 3. The van der Waals surface area contributed by atoms with Gasteiger partial charge in [0.1, 0.15) is 0 Å². The summed E-state index contributed by atoms with van der Waals surface area (Å²) < 4.78 is 0. The summed E-state index contributed by atoms with van der Waals surface area (Å²) in [5, 5.41) is 12.5. The monoisotopic (exact) mass is 147 g/mol. The van der Waals surface area contributed by atoms with E-state index in [0.29, 0.717) is 11.9 Å². The Bertz CT molecular complexity index is 70.7. The zero-order valence-electron chi connectivity index (χ0n) is 5.47. The normalized spacial score (nSPS) is 28.3. The first-order valence-corrected chi connectivity index (χ1v) is 4.41. The Kier molecular flexibility index (Phi) is 3.40. The molecule has 3 heteroatoms. The number of thioether (sulfide) groups is 1. The SMILES string of the molecule is OCCC1CNCCS1. The third kappa shape index (κ3) is 2.56. The minimum absolute atomic E-state index is 0.333. The molecule has 0 amide bonds. The van der Waals surface area contributed by atoms with Gasteiger partial charge in [0.25, 0.3) is 0 Å². The van der Waals surface area contributed by atoms with Gasteiger partial charge in [0.05, 0.1) is 0 Å². The van der Waals surface area contributed by atoms with Crippen LogP contribution in [0.5, 0.6) is 0 Å². The van der Waals surface area contributed by atoms with E-state index in [4.69, 9.17) is 5.11 Å². The van der Waals surface area contributed by atoms with Gasteiger partial charge in [-0.15, -0.1) is 0 Å². The number of rotatable bonds is 2. The first-order valence-electron chi connectivity index (χ1n) is 3.36. The third-order valence-electron chi connectivity index (χ3n) is 1.46. The van der Waals surface area contributed by atoms with Crippen LogP contribution < -0.4 is 5.32 Å². The fraction of sp³-hybridized carbons (Fsp3) is 1.00. The largest absolute Gasteiger partial charge is 0.396 e. The van der Waals surface area contributed by atoms with Gasteiger partial charge >= 0.3 is 0 Å². The molecule has 0 aromatic carbocycles. The van der Waals surface area contributed by atoms with Gasteiger partial charge in [-0.2, -0.15) is 11.8 Å². The molecule has 54 valence electrons. The maximum atomic E-state index is 8.58. The van der Waals surface area contributed by atoms with Crippen molar-refractivity contribution in [2.75, 3.05) is 25.4 Å². The predicted octanol–water partition coefficient (Wildman–Crippen LogP) is 0.0738. The highest BCUT2D eigenvalue weighted by Gasteiger charge is 2.11. The summed E-state index contributed by atoms with van der Waals surface area (Å²) in [5.41, 5.74) is 0. The standard InChI is InChI=1S/C6H13NOS/c8-3-1-6-5-7-2-4-9-6/h6-8H,1-5H2. The average molecular weight is 147 g/mol. The van der Waals surface area contributed by atoms with E-state index in [-0.39, 0.29) is 0 Å². The van der Waals surface area contributed by atoms with Crippen LogP contribution in [0, 0.1) is 0 Å². The van der Waals surface area contributed by atoms with Crippen molar-refractivity contribution in [1.29, 1.82) is 0 Å². The van der Waals surface area contributed by atoms with Gasteiger partial charge in [0.2, 0.25) is 0 Å². The average Bonchev–Trinajstić information content (AvgIpc) is 1.91. The summed E-state index contributed by atoms with van der Waals surface area (Å²) in [6.07, 6.45) is 0.942. The maximum Gasteiger partial charge on any atom is 0.0442 e. The van der Waals surface area contributed by atoms with E-state index in [9.17, 15) is 0 Å². The molecule has 0 radical (unpaired) electrons. The summed E-state index contributed by atoms with van der Waals surface area (Å²) >= 11 is 1.97. The fourth-order valence-electron chi connectivity index (χ4n) is 0.949. The van der Waals surface area contributed by atoms with E-state index >= 15 is 0 Å². The van der Waals surface area contributed by atoms with Gasteiger partial charge in [0, 0.05) is 30.7 Å². The Balaban J connectivity index is 2.08. The second-order valence-electron chi connectivity index (χ2n) is 2.21. The molecule has 1 rings (SSSR count). The number of hydrogen-bond donors (Lipinski definition) is 2. The van der Waals surface area contributed by atoms with E-state index in [1.165, 1.54) is 5.75 Å². The van der Waals surface area contributed by atoms with E-state index in [1.54, 1.807) is 0 Å². The lowest BCUT2D eigenvalue weighted by molar-refractivity contribution is 0.285. The maximum absolute atomic E-state index is 8.58. The van der Waals surface area contributed by atoms with Crippen LogP contribution >= 0.6 is 11.8 Å². The van der Waals surface area contributed by atoms with Gasteiger partial charge in [0.15, 0.2) is 0 Å². The lowest BCUT2D eigenvalue weighted by atomic mass is 10.3. The molecular formula is C6H13NOS. The van der Waals surface area contributed by atoms with Crippen molar-refractivity contribution in [3.05, 3.63) is 0 Å². The quantitative estimate of drug-likeness (QED) is 0.580. The minimum atomic E-state index is 0.333. The molecule has 1 heterocycles. The molecule has 0 spiro atoms. The Labute approximate surface area is 60.0 Å². The molecule has 0 aromatic heterocycles. The highest BCUT2D eigenvalue weighted by Crippen LogP contribution is 2.15. The fourth-order valence-corrected chi connectivity index (χ4v) is 2.05. The lowest BCUT2D eigenvalue weighted by Gasteiger charge is -2.20. The molecule has 0 aromatic rings. The molecule has 1 aliphatic heterocycles. The Morgan fingerprint density at radius 1 is 1.67 bits per heavy atom. The third-order valence-corrected chi connectivity index (χ3v) is 2.77. The first kappa shape index (κ1) is 7.38. The Hall–Kier alpha value is 0.270. The van der Waals surface area contributed by atoms with Crippen molar-refractivity contribution in [3.8, 4) is 0 Å². The van der Waals surface area contributed by atoms with Crippen LogP contribution in [0.15, 0.2) is 0 Å². The minimum Gasteiger partial charge on any atom is -0.396 e. The van der Waals surface area contributed by atoms with Crippen LogP contribution in [0.2, 0.25) is 0 Å². The first-order chi connectivity index (χ1) is 4.43. The Morgan fingerprint density at radius 3 is 3.11 bits per heavy atom. The lowest BCUT2D eigenvalue weighted by Crippen LogP contribution is -2.33. The second kappa shape index (κ2) is 4.14. The van der Waals surface area contributed by atoms with E-state index in [1.807, 2.05) is 11.8 Å². The molecule has 2 nitrogen and oxygen atoms in total. The summed E-state index contributed by atoms with van der Waals surface area (Å²) in [6.45, 7) is 2.54.